The van der Waals surface area contributed by atoms with E-state index in [2.05, 4.69) is 27.6 Å². The number of esters is 1. The van der Waals surface area contributed by atoms with Crippen LogP contribution >= 0.6 is 45.8 Å². The maximum Gasteiger partial charge on any atom is 0.363 e. The number of hydrogen-bond acceptors (Lipinski definition) is 5. The van der Waals surface area contributed by atoms with E-state index in [0.29, 0.717) is 33.7 Å². The van der Waals surface area contributed by atoms with Gasteiger partial charge in [0.25, 0.3) is 0 Å². The van der Waals surface area contributed by atoms with E-state index in [1.807, 2.05) is 30.3 Å². The second-order valence-corrected chi connectivity index (χ2v) is 8.77. The Morgan fingerprint density at radius 2 is 1.91 bits per heavy atom. The van der Waals surface area contributed by atoms with Gasteiger partial charge in [0.05, 0.1) is 21.3 Å². The van der Waals surface area contributed by atoms with E-state index in [-0.39, 0.29) is 11.6 Å². The van der Waals surface area contributed by atoms with Crippen LogP contribution in [0.15, 0.2) is 71.4 Å². The van der Waals surface area contributed by atoms with Crippen LogP contribution in [0.5, 0.6) is 11.5 Å². The first kappa shape index (κ1) is 22.6. The van der Waals surface area contributed by atoms with Crippen LogP contribution in [0.25, 0.3) is 6.08 Å². The van der Waals surface area contributed by atoms with Crippen molar-refractivity contribution in [1.29, 1.82) is 0 Å². The van der Waals surface area contributed by atoms with Crippen molar-refractivity contribution in [2.24, 2.45) is 4.99 Å². The highest BCUT2D eigenvalue weighted by Gasteiger charge is 2.25. The summed E-state index contributed by atoms with van der Waals surface area (Å²) in [4.78, 5) is 16.7. The molecule has 0 saturated carbocycles. The maximum atomic E-state index is 12.4. The number of halogens is 3. The van der Waals surface area contributed by atoms with Crippen LogP contribution in [0, 0.1) is 3.57 Å². The summed E-state index contributed by atoms with van der Waals surface area (Å²) in [7, 11) is 1.56. The van der Waals surface area contributed by atoms with Gasteiger partial charge in [-0.2, -0.15) is 0 Å². The van der Waals surface area contributed by atoms with E-state index in [1.54, 1.807) is 43.5 Å². The van der Waals surface area contributed by atoms with Crippen molar-refractivity contribution in [3.8, 4) is 11.5 Å². The topological polar surface area (TPSA) is 57.1 Å². The summed E-state index contributed by atoms with van der Waals surface area (Å²) < 4.78 is 17.6. The van der Waals surface area contributed by atoms with Crippen LogP contribution in [0.4, 0.5) is 0 Å². The lowest BCUT2D eigenvalue weighted by Crippen LogP contribution is -2.05. The summed E-state index contributed by atoms with van der Waals surface area (Å²) in [6.45, 7) is 0.338. The Hall–Kier alpha value is -2.55. The van der Waals surface area contributed by atoms with Crippen molar-refractivity contribution in [1.82, 2.24) is 0 Å². The van der Waals surface area contributed by atoms with Gasteiger partial charge in [0.1, 0.15) is 6.61 Å². The highest BCUT2D eigenvalue weighted by molar-refractivity contribution is 14.1. The Labute approximate surface area is 208 Å². The molecule has 1 aliphatic rings. The molecule has 8 heteroatoms. The Morgan fingerprint density at radius 3 is 2.66 bits per heavy atom. The molecule has 0 radical (unpaired) electrons. The first-order chi connectivity index (χ1) is 15.4. The summed E-state index contributed by atoms with van der Waals surface area (Å²) in [6, 6.07) is 18.2. The molecule has 0 N–H and O–H groups in total. The van der Waals surface area contributed by atoms with Crippen LogP contribution in [-0.4, -0.2) is 19.0 Å². The maximum absolute atomic E-state index is 12.4. The van der Waals surface area contributed by atoms with Gasteiger partial charge in [0.2, 0.25) is 5.90 Å². The van der Waals surface area contributed by atoms with Crippen molar-refractivity contribution >= 4 is 63.7 Å². The molecule has 0 bridgehead atoms. The zero-order valence-electron chi connectivity index (χ0n) is 16.8. The van der Waals surface area contributed by atoms with Crippen LogP contribution in [0.1, 0.15) is 16.7 Å². The summed E-state index contributed by atoms with van der Waals surface area (Å²) >= 11 is 14.4. The molecule has 0 aliphatic carbocycles. The second kappa shape index (κ2) is 9.94. The normalized spacial score (nSPS) is 14.3. The van der Waals surface area contributed by atoms with E-state index in [0.717, 1.165) is 14.7 Å². The van der Waals surface area contributed by atoms with E-state index >= 15 is 0 Å². The Kier molecular flexibility index (Phi) is 7.03. The molecule has 162 valence electrons. The summed E-state index contributed by atoms with van der Waals surface area (Å²) in [5.74, 6) is 0.766. The van der Waals surface area contributed by atoms with Gasteiger partial charge in [-0.05, 0) is 76.2 Å². The predicted molar refractivity (Wildman–Crippen MR) is 134 cm³/mol. The number of nitrogens with zero attached hydrogens (tertiary/aromatic N) is 1. The number of cyclic esters (lactones) is 1. The van der Waals surface area contributed by atoms with E-state index in [4.69, 9.17) is 37.4 Å². The fraction of sp³-hybridized carbons (Fsp3) is 0.0833. The van der Waals surface area contributed by atoms with Gasteiger partial charge in [0, 0.05) is 5.02 Å². The number of methoxy groups -OCH3 is 1. The van der Waals surface area contributed by atoms with Crippen molar-refractivity contribution in [2.75, 3.05) is 7.11 Å². The van der Waals surface area contributed by atoms with Crippen molar-refractivity contribution in [3.63, 3.8) is 0 Å². The average molecular weight is 580 g/mol. The minimum absolute atomic E-state index is 0.172. The van der Waals surface area contributed by atoms with Crippen LogP contribution in [-0.2, 0) is 16.1 Å². The quantitative estimate of drug-likeness (QED) is 0.189. The average Bonchev–Trinajstić information content (AvgIpc) is 3.13. The van der Waals surface area contributed by atoms with E-state index in [1.165, 1.54) is 0 Å². The molecule has 0 saturated heterocycles. The van der Waals surface area contributed by atoms with Gasteiger partial charge in [-0.1, -0.05) is 47.5 Å². The number of rotatable bonds is 6. The molecule has 0 atom stereocenters. The Bertz CT molecular complexity index is 1260. The highest BCUT2D eigenvalue weighted by atomic mass is 127. The number of carbonyl (C=O) groups excluding carboxylic acids is 1. The molecule has 0 unspecified atom stereocenters. The molecule has 0 aromatic heterocycles. The Balaban J connectivity index is 1.60. The highest BCUT2D eigenvalue weighted by Crippen LogP contribution is 2.36. The van der Waals surface area contributed by atoms with Crippen molar-refractivity contribution in [3.05, 3.63) is 96.7 Å². The van der Waals surface area contributed by atoms with Crippen LogP contribution < -0.4 is 9.47 Å². The molecule has 0 spiro atoms. The van der Waals surface area contributed by atoms with Crippen molar-refractivity contribution in [2.45, 2.75) is 6.61 Å². The molecule has 3 aromatic carbocycles. The van der Waals surface area contributed by atoms with Crippen LogP contribution in [0.2, 0.25) is 10.0 Å². The van der Waals surface area contributed by atoms with Crippen LogP contribution in [0.3, 0.4) is 0 Å². The van der Waals surface area contributed by atoms with Gasteiger partial charge < -0.3 is 14.2 Å². The fourth-order valence-electron chi connectivity index (χ4n) is 3.06. The zero-order valence-corrected chi connectivity index (χ0v) is 20.4. The lowest BCUT2D eigenvalue weighted by Gasteiger charge is -2.14. The summed E-state index contributed by atoms with van der Waals surface area (Å²) in [6.07, 6.45) is 1.64. The number of benzene rings is 3. The molecule has 3 aromatic rings. The fourth-order valence-corrected chi connectivity index (χ4v) is 4.27. The van der Waals surface area contributed by atoms with Gasteiger partial charge in [-0.3, -0.25) is 0 Å². The van der Waals surface area contributed by atoms with Crippen molar-refractivity contribution < 1.29 is 19.0 Å². The molecular weight excluding hydrogens is 564 g/mol. The lowest BCUT2D eigenvalue weighted by molar-refractivity contribution is -0.129. The SMILES string of the molecule is COc1cc(/C=C2\N=C(c3ccccc3Cl)OC2=O)cc(I)c1OCc1cccc(Cl)c1. The van der Waals surface area contributed by atoms with E-state index in [9.17, 15) is 4.79 Å². The Morgan fingerprint density at radius 1 is 1.09 bits per heavy atom. The van der Waals surface area contributed by atoms with Gasteiger partial charge >= 0.3 is 5.97 Å². The number of hydrogen-bond donors (Lipinski definition) is 0. The third-order valence-electron chi connectivity index (χ3n) is 4.55. The molecule has 0 fully saturated rings. The van der Waals surface area contributed by atoms with Gasteiger partial charge in [0.15, 0.2) is 17.2 Å². The number of carbonyl (C=O) groups is 1. The summed E-state index contributed by atoms with van der Waals surface area (Å²) in [5, 5.41) is 1.10. The lowest BCUT2D eigenvalue weighted by atomic mass is 10.1. The smallest absolute Gasteiger partial charge is 0.363 e. The van der Waals surface area contributed by atoms with Gasteiger partial charge in [-0.15, -0.1) is 0 Å². The standard InChI is InChI=1S/C24H16Cl2INO4/c1-30-21-12-15(10-19(27)22(21)31-13-14-5-4-6-16(25)9-14)11-20-24(29)32-23(28-20)17-7-2-3-8-18(17)26/h2-12H,13H2,1H3/b20-11-. The molecule has 0 amide bonds. The number of aliphatic imine (C=N–C) groups is 1. The molecule has 1 aliphatic heterocycles. The predicted octanol–water partition coefficient (Wildman–Crippen LogP) is 6.53. The van der Waals surface area contributed by atoms with E-state index < -0.39 is 5.97 Å². The molecule has 5 nitrogen and oxygen atoms in total. The second-order valence-electron chi connectivity index (χ2n) is 6.77. The molecule has 1 heterocycles. The summed E-state index contributed by atoms with van der Waals surface area (Å²) in [5.41, 5.74) is 2.39. The molecule has 32 heavy (non-hydrogen) atoms. The van der Waals surface area contributed by atoms with Gasteiger partial charge in [-0.25, -0.2) is 9.79 Å². The minimum atomic E-state index is -0.546. The largest absolute Gasteiger partial charge is 0.493 e. The first-order valence-corrected chi connectivity index (χ1v) is 11.3. The molecule has 4 rings (SSSR count). The molecular formula is C24H16Cl2INO4. The zero-order chi connectivity index (χ0) is 22.7. The number of ether oxygens (including phenoxy) is 3. The monoisotopic (exact) mass is 579 g/mol. The first-order valence-electron chi connectivity index (χ1n) is 9.47. The third kappa shape index (κ3) is 5.09. The minimum Gasteiger partial charge on any atom is -0.493 e. The third-order valence-corrected chi connectivity index (χ3v) is 5.92.